The van der Waals surface area contributed by atoms with E-state index in [0.717, 1.165) is 34.2 Å². The second-order valence-electron chi connectivity index (χ2n) is 8.49. The average Bonchev–Trinajstić information content (AvgIpc) is 3.18. The summed E-state index contributed by atoms with van der Waals surface area (Å²) >= 11 is 0. The van der Waals surface area contributed by atoms with E-state index in [1.54, 1.807) is 30.2 Å². The minimum absolute atomic E-state index is 0. The standard InChI is InChI=1S/C28H26N4O3.ClH/c1-18-29-23-14-15-32(24-11-7-6-10-22(24)27(23)30-18)28(34)20-13-12-19(25(16-20)35-2)17-26(33)31-21-8-4-3-5-9-21;/h3-13,16H,14-15,17H2,1-2H3,(H,29,30)(H,31,33);1H. The number of rotatable bonds is 5. The van der Waals surface area contributed by atoms with Gasteiger partial charge in [-0.1, -0.05) is 42.5 Å². The third kappa shape index (κ3) is 4.97. The Bertz CT molecular complexity index is 1400. The van der Waals surface area contributed by atoms with Crippen molar-refractivity contribution in [1.29, 1.82) is 0 Å². The van der Waals surface area contributed by atoms with Crippen LogP contribution < -0.4 is 15.0 Å². The number of hydrogen-bond acceptors (Lipinski definition) is 4. The Morgan fingerprint density at radius 1 is 1.06 bits per heavy atom. The number of carbonyl (C=O) groups is 2. The number of aromatic amines is 1. The van der Waals surface area contributed by atoms with E-state index in [2.05, 4.69) is 15.3 Å². The van der Waals surface area contributed by atoms with E-state index in [-0.39, 0.29) is 30.6 Å². The fourth-order valence-corrected chi connectivity index (χ4v) is 4.49. The summed E-state index contributed by atoms with van der Waals surface area (Å²) in [6.45, 7) is 2.45. The van der Waals surface area contributed by atoms with Gasteiger partial charge in [0.05, 0.1) is 30.6 Å². The molecule has 5 rings (SSSR count). The molecule has 2 heterocycles. The SMILES string of the molecule is COc1cc(C(=O)N2CCc3nc(C)[nH]c3-c3ccccc32)ccc1CC(=O)Nc1ccccc1.Cl. The van der Waals surface area contributed by atoms with E-state index in [1.807, 2.05) is 61.5 Å². The van der Waals surface area contributed by atoms with Gasteiger partial charge >= 0.3 is 0 Å². The molecule has 0 saturated carbocycles. The lowest BCUT2D eigenvalue weighted by molar-refractivity contribution is -0.115. The molecular formula is C28H27ClN4O3. The number of para-hydroxylation sites is 2. The molecule has 8 heteroatoms. The highest BCUT2D eigenvalue weighted by atomic mass is 35.5. The molecule has 2 N–H and O–H groups in total. The van der Waals surface area contributed by atoms with Crippen LogP contribution >= 0.6 is 12.4 Å². The van der Waals surface area contributed by atoms with Gasteiger partial charge in [-0.05, 0) is 37.3 Å². The highest BCUT2D eigenvalue weighted by Crippen LogP contribution is 2.36. The van der Waals surface area contributed by atoms with Crippen molar-refractivity contribution in [2.45, 2.75) is 19.8 Å². The van der Waals surface area contributed by atoms with E-state index < -0.39 is 0 Å². The van der Waals surface area contributed by atoms with Gasteiger partial charge in [0.2, 0.25) is 5.91 Å². The second-order valence-corrected chi connectivity index (χ2v) is 8.49. The van der Waals surface area contributed by atoms with Gasteiger partial charge in [0.25, 0.3) is 5.91 Å². The molecular weight excluding hydrogens is 476 g/mol. The maximum atomic E-state index is 13.7. The highest BCUT2D eigenvalue weighted by molar-refractivity contribution is 6.08. The molecule has 0 saturated heterocycles. The van der Waals surface area contributed by atoms with Gasteiger partial charge in [0, 0.05) is 35.3 Å². The van der Waals surface area contributed by atoms with Crippen LogP contribution in [0.4, 0.5) is 11.4 Å². The Balaban J connectivity index is 0.00000304. The number of benzene rings is 3. The first-order chi connectivity index (χ1) is 17.0. The third-order valence-corrected chi connectivity index (χ3v) is 6.12. The maximum Gasteiger partial charge on any atom is 0.258 e. The molecule has 0 radical (unpaired) electrons. The predicted molar refractivity (Wildman–Crippen MR) is 143 cm³/mol. The van der Waals surface area contributed by atoms with Gasteiger partial charge in [0.1, 0.15) is 11.6 Å². The van der Waals surface area contributed by atoms with Crippen LogP contribution in [0.2, 0.25) is 0 Å². The van der Waals surface area contributed by atoms with Crippen molar-refractivity contribution >= 4 is 35.6 Å². The van der Waals surface area contributed by atoms with Gasteiger partial charge in [-0.3, -0.25) is 9.59 Å². The van der Waals surface area contributed by atoms with Crippen LogP contribution in [0.3, 0.4) is 0 Å². The zero-order valence-electron chi connectivity index (χ0n) is 20.1. The molecule has 1 aliphatic rings. The Morgan fingerprint density at radius 3 is 2.58 bits per heavy atom. The lowest BCUT2D eigenvalue weighted by atomic mass is 10.0. The van der Waals surface area contributed by atoms with Crippen LogP contribution in [-0.2, 0) is 17.6 Å². The number of H-pyrrole nitrogens is 1. The minimum Gasteiger partial charge on any atom is -0.496 e. The lowest BCUT2D eigenvalue weighted by Crippen LogP contribution is -2.32. The summed E-state index contributed by atoms with van der Waals surface area (Å²) in [7, 11) is 1.55. The maximum absolute atomic E-state index is 13.7. The Morgan fingerprint density at radius 2 is 1.81 bits per heavy atom. The molecule has 0 spiro atoms. The normalized spacial score (nSPS) is 12.0. The zero-order chi connectivity index (χ0) is 24.4. The molecule has 0 unspecified atom stereocenters. The van der Waals surface area contributed by atoms with Gasteiger partial charge in [-0.15, -0.1) is 12.4 Å². The van der Waals surface area contributed by atoms with Crippen molar-refractivity contribution in [3.8, 4) is 17.0 Å². The molecule has 7 nitrogen and oxygen atoms in total. The number of ether oxygens (including phenoxy) is 1. The molecule has 0 bridgehead atoms. The Labute approximate surface area is 215 Å². The first-order valence-corrected chi connectivity index (χ1v) is 11.5. The van der Waals surface area contributed by atoms with Gasteiger partial charge in [-0.2, -0.15) is 0 Å². The number of carbonyl (C=O) groups excluding carboxylic acids is 2. The quantitative estimate of drug-likeness (QED) is 0.392. The zero-order valence-corrected chi connectivity index (χ0v) is 20.9. The molecule has 1 aliphatic heterocycles. The molecule has 0 fully saturated rings. The fourth-order valence-electron chi connectivity index (χ4n) is 4.49. The second kappa shape index (κ2) is 10.7. The van der Waals surface area contributed by atoms with Crippen molar-refractivity contribution in [1.82, 2.24) is 9.97 Å². The molecule has 3 aromatic carbocycles. The van der Waals surface area contributed by atoms with Crippen LogP contribution in [0.15, 0.2) is 72.8 Å². The van der Waals surface area contributed by atoms with E-state index in [0.29, 0.717) is 29.8 Å². The van der Waals surface area contributed by atoms with Crippen LogP contribution in [0, 0.1) is 6.92 Å². The highest BCUT2D eigenvalue weighted by Gasteiger charge is 2.27. The third-order valence-electron chi connectivity index (χ3n) is 6.12. The summed E-state index contributed by atoms with van der Waals surface area (Å²) < 4.78 is 5.55. The van der Waals surface area contributed by atoms with Gasteiger partial charge in [0.15, 0.2) is 0 Å². The Hall–Kier alpha value is -4.10. The molecule has 0 atom stereocenters. The number of imidazole rings is 1. The number of nitrogens with zero attached hydrogens (tertiary/aromatic N) is 2. The molecule has 4 aromatic rings. The predicted octanol–water partition coefficient (Wildman–Crippen LogP) is 5.20. The van der Waals surface area contributed by atoms with Crippen molar-refractivity contribution in [2.24, 2.45) is 0 Å². The number of nitrogens with one attached hydrogen (secondary N) is 2. The van der Waals surface area contributed by atoms with Crippen LogP contribution in [0.25, 0.3) is 11.3 Å². The number of fused-ring (bicyclic) bond motifs is 3. The summed E-state index contributed by atoms with van der Waals surface area (Å²) in [6, 6.07) is 22.4. The van der Waals surface area contributed by atoms with Gasteiger partial charge < -0.3 is 19.9 Å². The van der Waals surface area contributed by atoms with E-state index in [9.17, 15) is 9.59 Å². The topological polar surface area (TPSA) is 87.3 Å². The van der Waals surface area contributed by atoms with E-state index in [1.165, 1.54) is 0 Å². The Kier molecular flexibility index (Phi) is 7.41. The fraction of sp³-hybridized carbons (Fsp3) is 0.179. The molecule has 184 valence electrons. The van der Waals surface area contributed by atoms with Crippen molar-refractivity contribution in [3.05, 3.63) is 95.4 Å². The summed E-state index contributed by atoms with van der Waals surface area (Å²) in [4.78, 5) is 36.0. The van der Waals surface area contributed by atoms with Crippen LogP contribution in [-0.4, -0.2) is 35.4 Å². The number of halogens is 1. The number of aryl methyl sites for hydroxylation is 1. The summed E-state index contributed by atoms with van der Waals surface area (Å²) in [5, 5.41) is 2.88. The first kappa shape index (κ1) is 25.0. The number of anilines is 2. The first-order valence-electron chi connectivity index (χ1n) is 11.5. The van der Waals surface area contributed by atoms with Crippen LogP contribution in [0.1, 0.15) is 27.4 Å². The van der Waals surface area contributed by atoms with Crippen LogP contribution in [0.5, 0.6) is 5.75 Å². The molecule has 2 amide bonds. The van der Waals surface area contributed by atoms with E-state index in [4.69, 9.17) is 4.74 Å². The van der Waals surface area contributed by atoms with Crippen molar-refractivity contribution in [2.75, 3.05) is 23.9 Å². The molecule has 36 heavy (non-hydrogen) atoms. The summed E-state index contributed by atoms with van der Waals surface area (Å²) in [6.07, 6.45) is 0.785. The lowest BCUT2D eigenvalue weighted by Gasteiger charge is -2.23. The largest absolute Gasteiger partial charge is 0.496 e. The summed E-state index contributed by atoms with van der Waals surface area (Å²) in [5.41, 5.74) is 5.66. The average molecular weight is 503 g/mol. The van der Waals surface area contributed by atoms with E-state index >= 15 is 0 Å². The number of amides is 2. The van der Waals surface area contributed by atoms with Gasteiger partial charge in [-0.25, -0.2) is 4.98 Å². The van der Waals surface area contributed by atoms with Crippen molar-refractivity contribution < 1.29 is 14.3 Å². The minimum atomic E-state index is -0.154. The monoisotopic (exact) mass is 502 g/mol. The summed E-state index contributed by atoms with van der Waals surface area (Å²) in [5.74, 6) is 1.09. The molecule has 1 aromatic heterocycles. The molecule has 0 aliphatic carbocycles. The smallest absolute Gasteiger partial charge is 0.258 e. The van der Waals surface area contributed by atoms with Crippen molar-refractivity contribution in [3.63, 3.8) is 0 Å². The number of hydrogen-bond donors (Lipinski definition) is 2. The number of methoxy groups -OCH3 is 1. The number of aromatic nitrogens is 2.